The minimum Gasteiger partial charge on any atom is -0.271 e. The van der Waals surface area contributed by atoms with Crippen molar-refractivity contribution < 1.29 is 0 Å². The Bertz CT molecular complexity index is 534. The van der Waals surface area contributed by atoms with E-state index in [1.165, 1.54) is 22.3 Å². The lowest BCUT2D eigenvalue weighted by Crippen LogP contribution is -2.29. The standard InChI is InChI=1S/C17H22N2/c1-3-14-7-5-9-16(11-14)17(19-18)12-15-8-4-6-13(2)10-15/h4-11,17,19H,3,12,18H2,1-2H3. The van der Waals surface area contributed by atoms with Gasteiger partial charge in [-0.2, -0.15) is 0 Å². The Morgan fingerprint density at radius 3 is 2.47 bits per heavy atom. The summed E-state index contributed by atoms with van der Waals surface area (Å²) in [4.78, 5) is 0. The molecule has 3 N–H and O–H groups in total. The second kappa shape index (κ2) is 6.50. The number of hydrogen-bond acceptors (Lipinski definition) is 2. The number of nitrogens with one attached hydrogen (secondary N) is 1. The van der Waals surface area contributed by atoms with Crippen molar-refractivity contribution in [2.75, 3.05) is 0 Å². The largest absolute Gasteiger partial charge is 0.271 e. The predicted octanol–water partition coefficient (Wildman–Crippen LogP) is 3.30. The molecule has 0 fully saturated rings. The fourth-order valence-corrected chi connectivity index (χ4v) is 2.38. The van der Waals surface area contributed by atoms with Gasteiger partial charge in [-0.15, -0.1) is 0 Å². The summed E-state index contributed by atoms with van der Waals surface area (Å²) < 4.78 is 0. The van der Waals surface area contributed by atoms with Crippen LogP contribution in [0.5, 0.6) is 0 Å². The molecule has 0 saturated carbocycles. The van der Waals surface area contributed by atoms with Gasteiger partial charge in [-0.3, -0.25) is 11.3 Å². The number of aryl methyl sites for hydroxylation is 2. The van der Waals surface area contributed by atoms with E-state index in [1.54, 1.807) is 0 Å². The third-order valence-corrected chi connectivity index (χ3v) is 3.49. The molecular formula is C17H22N2. The molecule has 0 aliphatic heterocycles. The van der Waals surface area contributed by atoms with Crippen LogP contribution in [0, 0.1) is 6.92 Å². The zero-order valence-electron chi connectivity index (χ0n) is 11.7. The molecule has 0 amide bonds. The van der Waals surface area contributed by atoms with Crippen LogP contribution in [0.4, 0.5) is 0 Å². The van der Waals surface area contributed by atoms with Crippen LogP contribution in [-0.4, -0.2) is 0 Å². The monoisotopic (exact) mass is 254 g/mol. The number of hydrogen-bond donors (Lipinski definition) is 2. The SMILES string of the molecule is CCc1cccc(C(Cc2cccc(C)c2)NN)c1. The maximum atomic E-state index is 5.73. The number of nitrogens with two attached hydrogens (primary N) is 1. The van der Waals surface area contributed by atoms with Gasteiger partial charge in [-0.1, -0.05) is 61.0 Å². The number of hydrazine groups is 1. The van der Waals surface area contributed by atoms with E-state index < -0.39 is 0 Å². The van der Waals surface area contributed by atoms with Crippen LogP contribution in [0.15, 0.2) is 48.5 Å². The molecule has 2 nitrogen and oxygen atoms in total. The first-order valence-corrected chi connectivity index (χ1v) is 6.83. The van der Waals surface area contributed by atoms with Gasteiger partial charge in [0.25, 0.3) is 0 Å². The Labute approximate surface area is 115 Å². The first-order valence-electron chi connectivity index (χ1n) is 6.83. The van der Waals surface area contributed by atoms with E-state index in [2.05, 4.69) is 67.8 Å². The zero-order chi connectivity index (χ0) is 13.7. The van der Waals surface area contributed by atoms with Crippen molar-refractivity contribution in [3.05, 3.63) is 70.8 Å². The van der Waals surface area contributed by atoms with Gasteiger partial charge < -0.3 is 0 Å². The second-order valence-electron chi connectivity index (χ2n) is 5.01. The molecule has 0 aromatic heterocycles. The Balaban J connectivity index is 2.19. The molecule has 0 spiro atoms. The van der Waals surface area contributed by atoms with E-state index in [0.717, 1.165) is 12.8 Å². The molecule has 1 atom stereocenters. The van der Waals surface area contributed by atoms with Gasteiger partial charge in [0.1, 0.15) is 0 Å². The van der Waals surface area contributed by atoms with Crippen molar-refractivity contribution in [3.63, 3.8) is 0 Å². The van der Waals surface area contributed by atoms with Crippen molar-refractivity contribution in [2.24, 2.45) is 5.84 Å². The average molecular weight is 254 g/mol. The molecule has 0 heterocycles. The van der Waals surface area contributed by atoms with Crippen LogP contribution in [0.1, 0.15) is 35.2 Å². The molecule has 0 saturated heterocycles. The highest BCUT2D eigenvalue weighted by Crippen LogP contribution is 2.19. The van der Waals surface area contributed by atoms with Gasteiger partial charge in [0, 0.05) is 6.04 Å². The normalized spacial score (nSPS) is 12.4. The first kappa shape index (κ1) is 13.8. The molecule has 2 aromatic carbocycles. The quantitative estimate of drug-likeness (QED) is 0.634. The summed E-state index contributed by atoms with van der Waals surface area (Å²) in [5.74, 6) is 5.73. The summed E-state index contributed by atoms with van der Waals surface area (Å²) in [6.07, 6.45) is 1.96. The topological polar surface area (TPSA) is 38.0 Å². The molecular weight excluding hydrogens is 232 g/mol. The second-order valence-corrected chi connectivity index (χ2v) is 5.01. The smallest absolute Gasteiger partial charge is 0.0500 e. The minimum absolute atomic E-state index is 0.160. The number of rotatable bonds is 5. The Kier molecular flexibility index (Phi) is 4.72. The van der Waals surface area contributed by atoms with Crippen molar-refractivity contribution in [3.8, 4) is 0 Å². The van der Waals surface area contributed by atoms with Gasteiger partial charge in [-0.05, 0) is 36.5 Å². The van der Waals surface area contributed by atoms with Crippen LogP contribution in [0.3, 0.4) is 0 Å². The summed E-state index contributed by atoms with van der Waals surface area (Å²) in [6, 6.07) is 17.4. The molecule has 0 bridgehead atoms. The van der Waals surface area contributed by atoms with Crippen molar-refractivity contribution in [1.82, 2.24) is 5.43 Å². The molecule has 2 heteroatoms. The fraction of sp³-hybridized carbons (Fsp3) is 0.294. The third-order valence-electron chi connectivity index (χ3n) is 3.49. The lowest BCUT2D eigenvalue weighted by Gasteiger charge is -2.17. The summed E-state index contributed by atoms with van der Waals surface area (Å²) in [6.45, 7) is 4.29. The van der Waals surface area contributed by atoms with Crippen LogP contribution in [-0.2, 0) is 12.8 Å². The molecule has 0 aliphatic rings. The van der Waals surface area contributed by atoms with Gasteiger partial charge in [-0.25, -0.2) is 0 Å². The summed E-state index contributed by atoms with van der Waals surface area (Å²) in [7, 11) is 0. The van der Waals surface area contributed by atoms with Crippen molar-refractivity contribution >= 4 is 0 Å². The Morgan fingerprint density at radius 2 is 1.79 bits per heavy atom. The van der Waals surface area contributed by atoms with Gasteiger partial charge >= 0.3 is 0 Å². The number of benzene rings is 2. The first-order chi connectivity index (χ1) is 9.22. The van der Waals surface area contributed by atoms with Crippen LogP contribution < -0.4 is 11.3 Å². The molecule has 2 aromatic rings. The van der Waals surface area contributed by atoms with E-state index in [0.29, 0.717) is 0 Å². The van der Waals surface area contributed by atoms with E-state index in [1.807, 2.05) is 0 Å². The van der Waals surface area contributed by atoms with Crippen molar-refractivity contribution in [2.45, 2.75) is 32.7 Å². The van der Waals surface area contributed by atoms with Gasteiger partial charge in [0.05, 0.1) is 0 Å². The van der Waals surface area contributed by atoms with Gasteiger partial charge in [0.2, 0.25) is 0 Å². The highest BCUT2D eigenvalue weighted by Gasteiger charge is 2.10. The fourth-order valence-electron chi connectivity index (χ4n) is 2.38. The van der Waals surface area contributed by atoms with E-state index in [9.17, 15) is 0 Å². The van der Waals surface area contributed by atoms with Crippen molar-refractivity contribution in [1.29, 1.82) is 0 Å². The highest BCUT2D eigenvalue weighted by atomic mass is 15.2. The molecule has 100 valence electrons. The Morgan fingerprint density at radius 1 is 1.05 bits per heavy atom. The third kappa shape index (κ3) is 3.66. The summed E-state index contributed by atoms with van der Waals surface area (Å²) >= 11 is 0. The maximum Gasteiger partial charge on any atom is 0.0500 e. The van der Waals surface area contributed by atoms with E-state index in [4.69, 9.17) is 5.84 Å². The molecule has 1 unspecified atom stereocenters. The summed E-state index contributed by atoms with van der Waals surface area (Å²) in [5.41, 5.74) is 8.14. The Hall–Kier alpha value is -1.64. The van der Waals surface area contributed by atoms with Crippen LogP contribution in [0.2, 0.25) is 0 Å². The lowest BCUT2D eigenvalue weighted by molar-refractivity contribution is 0.551. The average Bonchev–Trinajstić information content (AvgIpc) is 2.45. The van der Waals surface area contributed by atoms with Gasteiger partial charge in [0.15, 0.2) is 0 Å². The maximum absolute atomic E-state index is 5.73. The lowest BCUT2D eigenvalue weighted by atomic mass is 9.96. The predicted molar refractivity (Wildman–Crippen MR) is 80.8 cm³/mol. The van der Waals surface area contributed by atoms with E-state index >= 15 is 0 Å². The highest BCUT2D eigenvalue weighted by molar-refractivity contribution is 5.29. The van der Waals surface area contributed by atoms with Crippen LogP contribution in [0.25, 0.3) is 0 Å². The summed E-state index contributed by atoms with van der Waals surface area (Å²) in [5, 5.41) is 0. The molecule has 0 radical (unpaired) electrons. The van der Waals surface area contributed by atoms with E-state index in [-0.39, 0.29) is 6.04 Å². The van der Waals surface area contributed by atoms with Crippen LogP contribution >= 0.6 is 0 Å². The molecule has 2 rings (SSSR count). The minimum atomic E-state index is 0.160. The molecule has 19 heavy (non-hydrogen) atoms. The zero-order valence-corrected chi connectivity index (χ0v) is 11.7. The molecule has 0 aliphatic carbocycles.